The molecule has 9 heteroatoms. The molecule has 0 aliphatic rings. The Morgan fingerprint density at radius 2 is 0.840 bits per heavy atom. The molecule has 0 saturated carbocycles. The molecule has 4 nitrogen and oxygen atoms in total. The second-order valence-electron chi connectivity index (χ2n) is 9.73. The van der Waals surface area contributed by atoms with Gasteiger partial charge in [-0.25, -0.2) is 0 Å². The molecule has 25 heavy (non-hydrogen) atoms. The maximum absolute atomic E-state index is 6.62. The zero-order valence-corrected chi connectivity index (χ0v) is 22.5. The highest BCUT2D eigenvalue weighted by molar-refractivity contribution is 6.90. The third-order valence-corrected chi connectivity index (χ3v) is 17.4. The van der Waals surface area contributed by atoms with Gasteiger partial charge in [-0.15, -0.1) is 0 Å². The molecule has 0 spiro atoms. The van der Waals surface area contributed by atoms with Crippen LogP contribution in [0.15, 0.2) is 0 Å². The summed E-state index contributed by atoms with van der Waals surface area (Å²) in [6, 6.07) is 1.09. The zero-order valence-electron chi connectivity index (χ0n) is 17.5. The summed E-state index contributed by atoms with van der Waals surface area (Å²) < 4.78 is 26.2. The summed E-state index contributed by atoms with van der Waals surface area (Å²) in [7, 11) is -9.92. The van der Waals surface area contributed by atoms with E-state index in [0.717, 1.165) is 6.04 Å². The fourth-order valence-corrected chi connectivity index (χ4v) is 17.9. The molecule has 0 N–H and O–H groups in total. The molecule has 0 saturated heterocycles. The van der Waals surface area contributed by atoms with Gasteiger partial charge in [-0.1, -0.05) is 21.8 Å². The third-order valence-electron chi connectivity index (χ3n) is 2.88. The van der Waals surface area contributed by atoms with Gasteiger partial charge in [0, 0.05) is 0 Å². The summed E-state index contributed by atoms with van der Waals surface area (Å²) in [6.45, 7) is 26.6. The summed E-state index contributed by atoms with van der Waals surface area (Å²) in [4.78, 5) is 0. The van der Waals surface area contributed by atoms with E-state index in [1.807, 2.05) is 0 Å². The normalized spacial score (nSPS) is 13.9. The van der Waals surface area contributed by atoms with Crippen LogP contribution in [-0.2, 0) is 16.8 Å². The second kappa shape index (κ2) is 10.5. The van der Waals surface area contributed by atoms with E-state index in [-0.39, 0.29) is 14.9 Å². The lowest BCUT2D eigenvalue weighted by Crippen LogP contribution is -2.64. The van der Waals surface area contributed by atoms with Crippen molar-refractivity contribution in [1.29, 1.82) is 0 Å². The number of hydrogen-bond donors (Lipinski definition) is 0. The maximum Gasteiger partial charge on any atom is 0.495 e. The van der Waals surface area contributed by atoms with E-state index in [9.17, 15) is 0 Å². The Bertz CT molecular complexity index is 329. The van der Waals surface area contributed by atoms with Gasteiger partial charge in [0.05, 0.1) is 0 Å². The average molecular weight is 445 g/mol. The molecular formula is C16H48O4Si5. The molecule has 156 valence electrons. The van der Waals surface area contributed by atoms with Crippen LogP contribution in [0.2, 0.25) is 78.1 Å². The minimum atomic E-state index is -2.83. The van der Waals surface area contributed by atoms with Crippen LogP contribution in [0.5, 0.6) is 0 Å². The quantitative estimate of drug-likeness (QED) is 0.359. The smallest absolute Gasteiger partial charge is 0.416 e. The first-order valence-corrected chi connectivity index (χ1v) is 23.9. The van der Waals surface area contributed by atoms with Crippen LogP contribution >= 0.6 is 0 Å². The van der Waals surface area contributed by atoms with E-state index in [1.54, 1.807) is 0 Å². The van der Waals surface area contributed by atoms with Crippen LogP contribution in [0.4, 0.5) is 0 Å². The Hall–Kier alpha value is 0.924. The Balaban J connectivity index is -0.00000242. The molecule has 0 amide bonds. The fraction of sp³-hybridized carbons (Fsp3) is 1.00. The van der Waals surface area contributed by atoms with Crippen molar-refractivity contribution in [3.63, 3.8) is 0 Å². The molecule has 0 atom stereocenters. The molecule has 0 aromatic heterocycles. The van der Waals surface area contributed by atoms with Gasteiger partial charge in [0.2, 0.25) is 0 Å². The van der Waals surface area contributed by atoms with Crippen LogP contribution in [-0.4, -0.2) is 48.3 Å². The highest BCUT2D eigenvalue weighted by Gasteiger charge is 2.51. The van der Waals surface area contributed by atoms with Crippen LogP contribution in [0.25, 0.3) is 0 Å². The van der Waals surface area contributed by atoms with Gasteiger partial charge in [-0.3, -0.25) is 0 Å². The van der Waals surface area contributed by atoms with E-state index in [2.05, 4.69) is 78.9 Å². The summed E-state index contributed by atoms with van der Waals surface area (Å²) in [5, 5.41) is 0. The molecule has 0 bridgehead atoms. The first kappa shape index (κ1) is 30.6. The van der Waals surface area contributed by atoms with Crippen molar-refractivity contribution < 1.29 is 16.8 Å². The summed E-state index contributed by atoms with van der Waals surface area (Å²) in [5.74, 6) is 0. The molecule has 0 heterocycles. The lowest BCUT2D eigenvalue weighted by atomic mass is 11.0. The SMILES string of the molecule is C.C.CC[Si](C)(C)OC[Si](O[Si](C)(C)C)(O[Si](C)(C)C)O[Si](C)(C)C. The average Bonchev–Trinajstić information content (AvgIpc) is 2.19. The monoisotopic (exact) mass is 444 g/mol. The van der Waals surface area contributed by atoms with Crippen molar-refractivity contribution in [2.24, 2.45) is 0 Å². The molecule has 0 rings (SSSR count). The van der Waals surface area contributed by atoms with Crippen LogP contribution in [0, 0.1) is 0 Å². The first-order chi connectivity index (χ1) is 9.89. The molecule has 0 aromatic carbocycles. The van der Waals surface area contributed by atoms with Gasteiger partial charge < -0.3 is 16.8 Å². The van der Waals surface area contributed by atoms with Crippen molar-refractivity contribution in [1.82, 2.24) is 0 Å². The fourth-order valence-electron chi connectivity index (χ4n) is 1.94. The second-order valence-corrected chi connectivity index (χ2v) is 31.0. The van der Waals surface area contributed by atoms with Crippen LogP contribution in [0.1, 0.15) is 21.8 Å². The van der Waals surface area contributed by atoms with Crippen LogP contribution in [0.3, 0.4) is 0 Å². The van der Waals surface area contributed by atoms with Gasteiger partial charge in [-0.2, -0.15) is 0 Å². The molecule has 0 radical (unpaired) electrons. The van der Waals surface area contributed by atoms with Gasteiger partial charge in [0.15, 0.2) is 33.3 Å². The largest absolute Gasteiger partial charge is 0.495 e. The van der Waals surface area contributed by atoms with E-state index >= 15 is 0 Å². The van der Waals surface area contributed by atoms with Gasteiger partial charge >= 0.3 is 8.80 Å². The molecular weight excluding hydrogens is 397 g/mol. The van der Waals surface area contributed by atoms with E-state index < -0.39 is 42.1 Å². The molecule has 0 aliphatic heterocycles. The van der Waals surface area contributed by atoms with Gasteiger partial charge in [0.1, 0.15) is 6.23 Å². The van der Waals surface area contributed by atoms with Crippen molar-refractivity contribution in [3.8, 4) is 0 Å². The van der Waals surface area contributed by atoms with Crippen molar-refractivity contribution >= 4 is 42.1 Å². The van der Waals surface area contributed by atoms with E-state index in [4.69, 9.17) is 16.8 Å². The topological polar surface area (TPSA) is 36.9 Å². The zero-order chi connectivity index (χ0) is 18.7. The van der Waals surface area contributed by atoms with Crippen molar-refractivity contribution in [2.45, 2.75) is 99.8 Å². The number of hydrogen-bond acceptors (Lipinski definition) is 4. The Labute approximate surface area is 164 Å². The van der Waals surface area contributed by atoms with Crippen molar-refractivity contribution in [3.05, 3.63) is 0 Å². The van der Waals surface area contributed by atoms with Gasteiger partial charge in [0.25, 0.3) is 0 Å². The standard InChI is InChI=1S/C14H40O4Si5.2CH4/c1-13-22(11,12)15-14-23(16-19(2,3)4,17-20(5,6)7)18-21(8,9)10;;/h13-14H2,1-12H3;2*1H4. The lowest BCUT2D eigenvalue weighted by molar-refractivity contribution is 0.201. The predicted molar refractivity (Wildman–Crippen MR) is 126 cm³/mol. The summed E-state index contributed by atoms with van der Waals surface area (Å²) >= 11 is 0. The van der Waals surface area contributed by atoms with Crippen LogP contribution < -0.4 is 0 Å². The maximum atomic E-state index is 6.62. The summed E-state index contributed by atoms with van der Waals surface area (Å²) in [5.41, 5.74) is 0. The Morgan fingerprint density at radius 1 is 0.560 bits per heavy atom. The Morgan fingerprint density at radius 3 is 1.04 bits per heavy atom. The first-order valence-electron chi connectivity index (χ1n) is 8.63. The predicted octanol–water partition coefficient (Wildman–Crippen LogP) is 6.53. The molecule has 0 aliphatic carbocycles. The third kappa shape index (κ3) is 15.7. The van der Waals surface area contributed by atoms with E-state index in [0.29, 0.717) is 6.23 Å². The van der Waals surface area contributed by atoms with Gasteiger partial charge in [-0.05, 0) is 78.1 Å². The van der Waals surface area contributed by atoms with Crippen molar-refractivity contribution in [2.75, 3.05) is 6.23 Å². The minimum absolute atomic E-state index is 0. The lowest BCUT2D eigenvalue weighted by Gasteiger charge is -2.43. The summed E-state index contributed by atoms with van der Waals surface area (Å²) in [6.07, 6.45) is 0.513. The molecule has 0 aromatic rings. The molecule has 0 unspecified atom stereocenters. The molecule has 0 fully saturated rings. The highest BCUT2D eigenvalue weighted by atomic mass is 28.5. The minimum Gasteiger partial charge on any atom is -0.416 e. The number of rotatable bonds is 10. The Kier molecular flexibility index (Phi) is 12.8. The van der Waals surface area contributed by atoms with E-state index in [1.165, 1.54) is 0 Å². The highest BCUT2D eigenvalue weighted by Crippen LogP contribution is 2.27.